The highest BCUT2D eigenvalue weighted by Crippen LogP contribution is 2.31. The summed E-state index contributed by atoms with van der Waals surface area (Å²) in [6.45, 7) is 1.50. The first kappa shape index (κ1) is 21.4. The molecule has 2 N–H and O–H groups in total. The van der Waals surface area contributed by atoms with Crippen LogP contribution in [0.2, 0.25) is 0 Å². The highest BCUT2D eigenvalue weighted by molar-refractivity contribution is 5.85. The predicted molar refractivity (Wildman–Crippen MR) is 107 cm³/mol. The zero-order valence-electron chi connectivity index (χ0n) is 15.7. The number of piperidine rings is 1. The Labute approximate surface area is 166 Å². The van der Waals surface area contributed by atoms with E-state index in [1.54, 1.807) is 0 Å². The topological polar surface area (TPSA) is 85.3 Å². The summed E-state index contributed by atoms with van der Waals surface area (Å²) < 4.78 is 5.53. The maximum Gasteiger partial charge on any atom is 0.249 e. The van der Waals surface area contributed by atoms with Gasteiger partial charge in [0, 0.05) is 18.5 Å². The number of amides is 1. The molecule has 1 aliphatic rings. The summed E-state index contributed by atoms with van der Waals surface area (Å²) in [6, 6.07) is 9.68. The van der Waals surface area contributed by atoms with E-state index in [-0.39, 0.29) is 24.4 Å². The Kier molecular flexibility index (Phi) is 8.75. The maximum absolute atomic E-state index is 12.7. The van der Waals surface area contributed by atoms with Crippen LogP contribution in [-0.2, 0) is 4.79 Å². The minimum atomic E-state index is -0.0924. The Balaban J connectivity index is 0.00000261. The number of benzene rings is 1. The van der Waals surface area contributed by atoms with Crippen molar-refractivity contribution < 1.29 is 9.32 Å². The van der Waals surface area contributed by atoms with Crippen LogP contribution >= 0.6 is 12.4 Å². The van der Waals surface area contributed by atoms with Gasteiger partial charge in [-0.2, -0.15) is 4.98 Å². The van der Waals surface area contributed by atoms with Gasteiger partial charge in [-0.25, -0.2) is 0 Å². The zero-order chi connectivity index (χ0) is 18.2. The quantitative estimate of drug-likeness (QED) is 0.683. The Bertz CT molecular complexity index is 692. The summed E-state index contributed by atoms with van der Waals surface area (Å²) >= 11 is 0. The summed E-state index contributed by atoms with van der Waals surface area (Å²) in [6.07, 6.45) is 7.68. The van der Waals surface area contributed by atoms with Crippen LogP contribution in [0.4, 0.5) is 0 Å². The first-order valence-electron chi connectivity index (χ1n) is 9.68. The molecule has 27 heavy (non-hydrogen) atoms. The van der Waals surface area contributed by atoms with Crippen LogP contribution in [0.15, 0.2) is 34.9 Å². The summed E-state index contributed by atoms with van der Waals surface area (Å²) in [7, 11) is 0. The Morgan fingerprint density at radius 1 is 1.15 bits per heavy atom. The summed E-state index contributed by atoms with van der Waals surface area (Å²) in [5, 5.41) is 4.12. The van der Waals surface area contributed by atoms with Gasteiger partial charge in [0.05, 0.1) is 0 Å². The molecule has 0 saturated carbocycles. The maximum atomic E-state index is 12.7. The van der Waals surface area contributed by atoms with Gasteiger partial charge in [0.1, 0.15) is 6.04 Å². The van der Waals surface area contributed by atoms with E-state index in [0.29, 0.717) is 18.1 Å². The largest absolute Gasteiger partial charge is 0.337 e. The number of likely N-dealkylation sites (tertiary alicyclic amines) is 1. The third kappa shape index (κ3) is 5.78. The van der Waals surface area contributed by atoms with E-state index in [4.69, 9.17) is 10.3 Å². The molecule has 1 amide bonds. The van der Waals surface area contributed by atoms with Crippen molar-refractivity contribution in [1.29, 1.82) is 0 Å². The molecule has 6 nitrogen and oxygen atoms in total. The van der Waals surface area contributed by atoms with Crippen LogP contribution in [-0.4, -0.2) is 34.0 Å². The third-order valence-electron chi connectivity index (χ3n) is 4.93. The van der Waals surface area contributed by atoms with Crippen molar-refractivity contribution in [2.24, 2.45) is 5.73 Å². The van der Waals surface area contributed by atoms with Gasteiger partial charge in [-0.3, -0.25) is 4.79 Å². The molecule has 0 bridgehead atoms. The Hall–Kier alpha value is -1.92. The first-order valence-corrected chi connectivity index (χ1v) is 9.68. The lowest BCUT2D eigenvalue weighted by atomic mass is 10.0. The second kappa shape index (κ2) is 11.0. The summed E-state index contributed by atoms with van der Waals surface area (Å²) in [5.41, 5.74) is 6.44. The van der Waals surface area contributed by atoms with Crippen molar-refractivity contribution in [2.75, 3.05) is 13.1 Å². The zero-order valence-corrected chi connectivity index (χ0v) is 16.5. The lowest BCUT2D eigenvalue weighted by Gasteiger charge is -2.33. The van der Waals surface area contributed by atoms with E-state index in [9.17, 15) is 4.79 Å². The smallest absolute Gasteiger partial charge is 0.249 e. The molecule has 1 aliphatic heterocycles. The Morgan fingerprint density at radius 2 is 1.93 bits per heavy atom. The number of hydrogen-bond donors (Lipinski definition) is 1. The van der Waals surface area contributed by atoms with Crippen molar-refractivity contribution in [2.45, 2.75) is 57.4 Å². The lowest BCUT2D eigenvalue weighted by molar-refractivity contribution is -0.135. The average molecular weight is 393 g/mol. The van der Waals surface area contributed by atoms with Gasteiger partial charge in [0.2, 0.25) is 17.6 Å². The molecule has 1 aromatic carbocycles. The molecule has 0 spiro atoms. The van der Waals surface area contributed by atoms with E-state index in [1.165, 1.54) is 0 Å². The molecule has 1 atom stereocenters. The average Bonchev–Trinajstić information content (AvgIpc) is 3.18. The predicted octanol–water partition coefficient (Wildman–Crippen LogP) is 4.12. The van der Waals surface area contributed by atoms with Gasteiger partial charge in [0.25, 0.3) is 0 Å². The van der Waals surface area contributed by atoms with Gasteiger partial charge in [-0.1, -0.05) is 48.3 Å². The van der Waals surface area contributed by atoms with Gasteiger partial charge < -0.3 is 15.2 Å². The molecule has 1 aromatic heterocycles. The van der Waals surface area contributed by atoms with Crippen LogP contribution in [0.1, 0.15) is 63.3 Å². The van der Waals surface area contributed by atoms with E-state index in [2.05, 4.69) is 10.1 Å². The second-order valence-corrected chi connectivity index (χ2v) is 6.87. The van der Waals surface area contributed by atoms with Gasteiger partial charge in [-0.15, -0.1) is 12.4 Å². The number of unbranched alkanes of at least 4 members (excludes halogenated alkanes) is 3. The van der Waals surface area contributed by atoms with E-state index < -0.39 is 0 Å². The molecule has 148 valence electrons. The molecule has 3 rings (SSSR count). The summed E-state index contributed by atoms with van der Waals surface area (Å²) in [5.74, 6) is 1.34. The molecular weight excluding hydrogens is 364 g/mol. The van der Waals surface area contributed by atoms with Gasteiger partial charge >= 0.3 is 0 Å². The SMILES string of the molecule is Cl.NCCCCCCC(=O)N1CCCCC1c1nc(-c2ccccc2)no1. The monoisotopic (exact) mass is 392 g/mol. The number of halogens is 1. The molecule has 1 unspecified atom stereocenters. The number of rotatable bonds is 8. The number of aromatic nitrogens is 2. The normalized spacial score (nSPS) is 16.8. The van der Waals surface area contributed by atoms with Crippen LogP contribution in [0.3, 0.4) is 0 Å². The third-order valence-corrected chi connectivity index (χ3v) is 4.93. The van der Waals surface area contributed by atoms with Crippen LogP contribution < -0.4 is 5.73 Å². The van der Waals surface area contributed by atoms with E-state index >= 15 is 0 Å². The number of nitrogens with zero attached hydrogens (tertiary/aromatic N) is 3. The standard InChI is InChI=1S/C20H28N4O2.ClH/c21-14-8-2-1-6-13-18(25)24-15-9-7-12-17(24)20-22-19(23-26-20)16-10-4-3-5-11-16;/h3-5,10-11,17H,1-2,6-9,12-15,21H2;1H. The van der Waals surface area contributed by atoms with Crippen LogP contribution in [0.5, 0.6) is 0 Å². The van der Waals surface area contributed by atoms with Crippen LogP contribution in [0.25, 0.3) is 11.4 Å². The molecule has 0 radical (unpaired) electrons. The number of nitrogens with two attached hydrogens (primary N) is 1. The fraction of sp³-hybridized carbons (Fsp3) is 0.550. The number of carbonyl (C=O) groups is 1. The minimum absolute atomic E-state index is 0. The number of hydrogen-bond acceptors (Lipinski definition) is 5. The molecule has 1 saturated heterocycles. The van der Waals surface area contributed by atoms with Crippen molar-refractivity contribution in [3.63, 3.8) is 0 Å². The van der Waals surface area contributed by atoms with E-state index in [1.807, 2.05) is 35.2 Å². The Morgan fingerprint density at radius 3 is 2.70 bits per heavy atom. The van der Waals surface area contributed by atoms with Gasteiger partial charge in [0.15, 0.2) is 0 Å². The fourth-order valence-corrected chi connectivity index (χ4v) is 3.48. The fourth-order valence-electron chi connectivity index (χ4n) is 3.48. The summed E-state index contributed by atoms with van der Waals surface area (Å²) in [4.78, 5) is 19.2. The first-order chi connectivity index (χ1) is 12.8. The van der Waals surface area contributed by atoms with Crippen molar-refractivity contribution in [3.05, 3.63) is 36.2 Å². The molecular formula is C20H29ClN4O2. The van der Waals surface area contributed by atoms with Gasteiger partial charge in [-0.05, 0) is 38.6 Å². The van der Waals surface area contributed by atoms with Crippen molar-refractivity contribution in [1.82, 2.24) is 15.0 Å². The minimum Gasteiger partial charge on any atom is -0.337 e. The molecule has 2 aromatic rings. The number of carbonyl (C=O) groups excluding carboxylic acids is 1. The highest BCUT2D eigenvalue weighted by atomic mass is 35.5. The molecule has 0 aliphatic carbocycles. The van der Waals surface area contributed by atoms with Crippen molar-refractivity contribution in [3.8, 4) is 11.4 Å². The van der Waals surface area contributed by atoms with Crippen molar-refractivity contribution >= 4 is 18.3 Å². The highest BCUT2D eigenvalue weighted by Gasteiger charge is 2.31. The lowest BCUT2D eigenvalue weighted by Crippen LogP contribution is -2.38. The molecule has 7 heteroatoms. The van der Waals surface area contributed by atoms with E-state index in [0.717, 1.165) is 63.6 Å². The molecule has 2 heterocycles. The molecule has 1 fully saturated rings. The van der Waals surface area contributed by atoms with Crippen LogP contribution in [0, 0.1) is 0 Å². The second-order valence-electron chi connectivity index (χ2n) is 6.87.